The van der Waals surface area contributed by atoms with Crippen molar-refractivity contribution in [1.82, 2.24) is 0 Å². The predicted molar refractivity (Wildman–Crippen MR) is 80.0 cm³/mol. The van der Waals surface area contributed by atoms with Crippen molar-refractivity contribution < 1.29 is 0 Å². The highest BCUT2D eigenvalue weighted by Gasteiger charge is 2.26. The minimum atomic E-state index is 0.658. The third-order valence-corrected chi connectivity index (χ3v) is 4.75. The second-order valence-electron chi connectivity index (χ2n) is 5.15. The van der Waals surface area contributed by atoms with Gasteiger partial charge in [0.2, 0.25) is 0 Å². The molecule has 0 bridgehead atoms. The van der Waals surface area contributed by atoms with Crippen LogP contribution in [0.25, 0.3) is 0 Å². The number of aryl methyl sites for hydroxylation is 1. The number of hydrogen-bond acceptors (Lipinski definition) is 2. The zero-order valence-electron chi connectivity index (χ0n) is 11.2. The molecule has 1 heterocycles. The molecule has 0 fully saturated rings. The average molecular weight is 257 g/mol. The fraction of sp³-hybridized carbons (Fsp3) is 0.375. The van der Waals surface area contributed by atoms with E-state index < -0.39 is 0 Å². The van der Waals surface area contributed by atoms with Crippen molar-refractivity contribution in [2.75, 3.05) is 11.4 Å². The van der Waals surface area contributed by atoms with E-state index in [1.807, 2.05) is 11.8 Å². The number of fused-ring (bicyclic) bond motifs is 2. The normalized spacial score (nSPS) is 21.9. The molecule has 0 saturated carbocycles. The first kappa shape index (κ1) is 11.9. The minimum absolute atomic E-state index is 0.658. The first-order valence-electron chi connectivity index (χ1n) is 6.67. The molecule has 1 atom stereocenters. The number of nitrogens with zero attached hydrogens (tertiary/aromatic N) is 1. The molecule has 94 valence electrons. The summed E-state index contributed by atoms with van der Waals surface area (Å²) in [5.74, 6) is 0.658. The molecule has 1 unspecified atom stereocenters. The molecule has 1 aliphatic carbocycles. The summed E-state index contributed by atoms with van der Waals surface area (Å²) in [4.78, 5) is 5.29. The van der Waals surface area contributed by atoms with E-state index in [2.05, 4.69) is 56.0 Å². The van der Waals surface area contributed by atoms with E-state index in [0.717, 1.165) is 6.54 Å². The molecule has 1 aromatic rings. The highest BCUT2D eigenvalue weighted by atomic mass is 32.2. The number of anilines is 1. The van der Waals surface area contributed by atoms with Gasteiger partial charge in [-0.15, -0.1) is 0 Å². The Morgan fingerprint density at radius 1 is 1.39 bits per heavy atom. The number of rotatable bonds is 1. The van der Waals surface area contributed by atoms with Crippen LogP contribution in [-0.4, -0.2) is 6.54 Å². The zero-order chi connectivity index (χ0) is 12.7. The SMILES string of the molecule is CCN1C2=CC(C)CC=C2Sc2cc(C)ccc21. The van der Waals surface area contributed by atoms with Gasteiger partial charge in [-0.25, -0.2) is 0 Å². The number of thioether (sulfide) groups is 1. The summed E-state index contributed by atoms with van der Waals surface area (Å²) in [6.07, 6.45) is 6.00. The van der Waals surface area contributed by atoms with Crippen LogP contribution in [0.4, 0.5) is 5.69 Å². The highest BCUT2D eigenvalue weighted by molar-refractivity contribution is 8.03. The van der Waals surface area contributed by atoms with E-state index in [-0.39, 0.29) is 0 Å². The van der Waals surface area contributed by atoms with Gasteiger partial charge in [0.15, 0.2) is 0 Å². The molecule has 0 saturated heterocycles. The molecular weight excluding hydrogens is 238 g/mol. The maximum absolute atomic E-state index is 2.45. The van der Waals surface area contributed by atoms with Gasteiger partial charge in [-0.2, -0.15) is 0 Å². The predicted octanol–water partition coefficient (Wildman–Crippen LogP) is 4.73. The topological polar surface area (TPSA) is 3.24 Å². The van der Waals surface area contributed by atoms with Crippen molar-refractivity contribution in [3.05, 3.63) is 46.5 Å². The van der Waals surface area contributed by atoms with Crippen LogP contribution in [0.15, 0.2) is 45.8 Å². The molecule has 1 aliphatic heterocycles. The van der Waals surface area contributed by atoms with Gasteiger partial charge in [0.05, 0.1) is 11.4 Å². The molecule has 18 heavy (non-hydrogen) atoms. The second-order valence-corrected chi connectivity index (χ2v) is 6.23. The number of hydrogen-bond donors (Lipinski definition) is 0. The second kappa shape index (κ2) is 4.51. The van der Waals surface area contributed by atoms with Crippen molar-refractivity contribution in [3.8, 4) is 0 Å². The van der Waals surface area contributed by atoms with E-state index in [1.165, 1.54) is 33.2 Å². The molecule has 0 spiro atoms. The quantitative estimate of drug-likeness (QED) is 0.715. The Morgan fingerprint density at radius 3 is 3.00 bits per heavy atom. The third-order valence-electron chi connectivity index (χ3n) is 3.60. The van der Waals surface area contributed by atoms with Crippen molar-refractivity contribution in [2.45, 2.75) is 32.1 Å². The van der Waals surface area contributed by atoms with Crippen LogP contribution in [0.2, 0.25) is 0 Å². The number of benzene rings is 1. The molecular formula is C16H19NS. The van der Waals surface area contributed by atoms with Gasteiger partial charge in [0, 0.05) is 16.3 Å². The molecule has 2 heteroatoms. The summed E-state index contributed by atoms with van der Waals surface area (Å²) in [5, 5.41) is 0. The Hall–Kier alpha value is -1.15. The lowest BCUT2D eigenvalue weighted by molar-refractivity contribution is 0.717. The Balaban J connectivity index is 2.13. The molecule has 0 radical (unpaired) electrons. The summed E-state index contributed by atoms with van der Waals surface area (Å²) in [6.45, 7) is 7.73. The summed E-state index contributed by atoms with van der Waals surface area (Å²) in [5.41, 5.74) is 4.12. The molecule has 0 N–H and O–H groups in total. The third kappa shape index (κ3) is 1.89. The van der Waals surface area contributed by atoms with Crippen molar-refractivity contribution in [2.24, 2.45) is 5.92 Å². The lowest BCUT2D eigenvalue weighted by Gasteiger charge is -2.36. The Kier molecular flexibility index (Phi) is 2.98. The van der Waals surface area contributed by atoms with Crippen LogP contribution < -0.4 is 4.90 Å². The van der Waals surface area contributed by atoms with Crippen LogP contribution in [0.3, 0.4) is 0 Å². The summed E-state index contributed by atoms with van der Waals surface area (Å²) < 4.78 is 0. The number of likely N-dealkylation sites (N-methyl/N-ethyl adjacent to an activating group) is 1. The monoisotopic (exact) mass is 257 g/mol. The maximum atomic E-state index is 2.45. The highest BCUT2D eigenvalue weighted by Crippen LogP contribution is 2.48. The lowest BCUT2D eigenvalue weighted by atomic mass is 10.00. The van der Waals surface area contributed by atoms with E-state index in [1.54, 1.807) is 0 Å². The van der Waals surface area contributed by atoms with E-state index in [4.69, 9.17) is 0 Å². The summed E-state index contributed by atoms with van der Waals surface area (Å²) >= 11 is 1.93. The Morgan fingerprint density at radius 2 is 2.22 bits per heavy atom. The summed E-state index contributed by atoms with van der Waals surface area (Å²) in [6, 6.07) is 6.78. The van der Waals surface area contributed by atoms with Crippen LogP contribution in [-0.2, 0) is 0 Å². The zero-order valence-corrected chi connectivity index (χ0v) is 12.1. The molecule has 2 aliphatic rings. The smallest absolute Gasteiger partial charge is 0.0552 e. The molecule has 3 rings (SSSR count). The first-order valence-corrected chi connectivity index (χ1v) is 7.49. The molecule has 1 nitrogen and oxygen atoms in total. The van der Waals surface area contributed by atoms with Gasteiger partial charge < -0.3 is 4.90 Å². The van der Waals surface area contributed by atoms with Crippen LogP contribution >= 0.6 is 11.8 Å². The minimum Gasteiger partial charge on any atom is -0.340 e. The maximum Gasteiger partial charge on any atom is 0.0552 e. The largest absolute Gasteiger partial charge is 0.340 e. The average Bonchev–Trinajstić information content (AvgIpc) is 2.36. The Labute approximate surface area is 114 Å². The standard InChI is InChI=1S/C16H19NS/c1-4-17-13-7-5-12(3)10-16(13)18-15-8-6-11(2)9-14(15)17/h5,7-11H,4,6H2,1-3H3. The van der Waals surface area contributed by atoms with Crippen molar-refractivity contribution in [1.29, 1.82) is 0 Å². The van der Waals surface area contributed by atoms with Gasteiger partial charge in [0.25, 0.3) is 0 Å². The number of allylic oxidation sites excluding steroid dienone is 2. The lowest BCUT2D eigenvalue weighted by Crippen LogP contribution is -2.27. The van der Waals surface area contributed by atoms with Crippen LogP contribution in [0, 0.1) is 12.8 Å². The first-order chi connectivity index (χ1) is 8.69. The molecule has 0 aromatic heterocycles. The van der Waals surface area contributed by atoms with Crippen molar-refractivity contribution in [3.63, 3.8) is 0 Å². The molecule has 1 aromatic carbocycles. The van der Waals surface area contributed by atoms with E-state index >= 15 is 0 Å². The van der Waals surface area contributed by atoms with Gasteiger partial charge >= 0.3 is 0 Å². The van der Waals surface area contributed by atoms with Crippen LogP contribution in [0.1, 0.15) is 25.8 Å². The van der Waals surface area contributed by atoms with Gasteiger partial charge in [-0.1, -0.05) is 36.9 Å². The van der Waals surface area contributed by atoms with Gasteiger partial charge in [0.1, 0.15) is 0 Å². The molecule has 0 amide bonds. The Bertz CT molecular complexity index is 542. The summed E-state index contributed by atoms with van der Waals surface area (Å²) in [7, 11) is 0. The van der Waals surface area contributed by atoms with Gasteiger partial charge in [-0.05, 0) is 43.9 Å². The van der Waals surface area contributed by atoms with Crippen molar-refractivity contribution >= 4 is 17.4 Å². The van der Waals surface area contributed by atoms with E-state index in [0.29, 0.717) is 5.92 Å². The fourth-order valence-corrected chi connectivity index (χ4v) is 3.88. The van der Waals surface area contributed by atoms with Gasteiger partial charge in [-0.3, -0.25) is 0 Å². The van der Waals surface area contributed by atoms with Crippen LogP contribution in [0.5, 0.6) is 0 Å². The van der Waals surface area contributed by atoms with E-state index in [9.17, 15) is 0 Å². The fourth-order valence-electron chi connectivity index (χ4n) is 2.65.